The summed E-state index contributed by atoms with van der Waals surface area (Å²) in [6, 6.07) is 0. The van der Waals surface area contributed by atoms with Gasteiger partial charge in [-0.25, -0.2) is 4.79 Å². The maximum atomic E-state index is 11.3. The van der Waals surface area contributed by atoms with E-state index >= 15 is 0 Å². The summed E-state index contributed by atoms with van der Waals surface area (Å²) >= 11 is 0. The lowest BCUT2D eigenvalue weighted by Gasteiger charge is -2.20. The molecule has 1 aliphatic rings. The van der Waals surface area contributed by atoms with Crippen molar-refractivity contribution in [2.75, 3.05) is 0 Å². The van der Waals surface area contributed by atoms with Crippen LogP contribution in [0.15, 0.2) is 4.99 Å². The van der Waals surface area contributed by atoms with Gasteiger partial charge in [0.1, 0.15) is 5.60 Å². The third kappa shape index (κ3) is 2.85. The lowest BCUT2D eigenvalue weighted by Crippen LogP contribution is -2.39. The molecule has 1 unspecified atom stereocenters. The van der Waals surface area contributed by atoms with Crippen molar-refractivity contribution in [1.82, 2.24) is 5.32 Å². The van der Waals surface area contributed by atoms with Gasteiger partial charge in [0.15, 0.2) is 0 Å². The molecule has 0 aromatic carbocycles. The summed E-state index contributed by atoms with van der Waals surface area (Å²) in [7, 11) is 0. The van der Waals surface area contributed by atoms with Gasteiger partial charge in [0.05, 0.1) is 6.21 Å². The van der Waals surface area contributed by atoms with E-state index in [-0.39, 0.29) is 5.91 Å². The summed E-state index contributed by atoms with van der Waals surface area (Å²) < 4.78 is 5.00. The Bertz CT molecular complexity index is 265. The van der Waals surface area contributed by atoms with Crippen molar-refractivity contribution in [3.8, 4) is 0 Å². The predicted molar refractivity (Wildman–Crippen MR) is 46.3 cm³/mol. The van der Waals surface area contributed by atoms with E-state index in [1.165, 1.54) is 0 Å². The van der Waals surface area contributed by atoms with Crippen LogP contribution in [0.1, 0.15) is 20.8 Å². The Labute approximate surface area is 76.2 Å². The number of nitrogens with one attached hydrogen (secondary N) is 1. The molecule has 0 aromatic rings. The highest BCUT2D eigenvalue weighted by molar-refractivity contribution is 6.28. The fourth-order valence-electron chi connectivity index (χ4n) is 0.829. The molecular weight excluding hydrogens is 172 g/mol. The fraction of sp³-hybridized carbons (Fsp3) is 0.625. The Hall–Kier alpha value is -1.39. The van der Waals surface area contributed by atoms with Crippen molar-refractivity contribution >= 4 is 18.1 Å². The summed E-state index contributed by atoms with van der Waals surface area (Å²) in [5.41, 5.74) is -0.556. The molecule has 5 nitrogen and oxygen atoms in total. The van der Waals surface area contributed by atoms with Crippen LogP contribution in [0.4, 0.5) is 0 Å². The van der Waals surface area contributed by atoms with Crippen LogP contribution >= 0.6 is 0 Å². The molecular formula is C8H12N2O3. The van der Waals surface area contributed by atoms with Crippen LogP contribution in [0.5, 0.6) is 0 Å². The van der Waals surface area contributed by atoms with E-state index in [0.717, 1.165) is 6.21 Å². The number of hydrogen-bond donors (Lipinski definition) is 1. The van der Waals surface area contributed by atoms with E-state index in [0.29, 0.717) is 0 Å². The van der Waals surface area contributed by atoms with Gasteiger partial charge >= 0.3 is 5.97 Å². The zero-order chi connectivity index (χ0) is 10.1. The number of rotatable bonds is 1. The second kappa shape index (κ2) is 3.16. The van der Waals surface area contributed by atoms with Crippen molar-refractivity contribution in [2.45, 2.75) is 32.5 Å². The van der Waals surface area contributed by atoms with Gasteiger partial charge in [-0.05, 0) is 20.8 Å². The van der Waals surface area contributed by atoms with Crippen molar-refractivity contribution in [2.24, 2.45) is 4.99 Å². The van der Waals surface area contributed by atoms with E-state index in [9.17, 15) is 9.59 Å². The Morgan fingerprint density at radius 1 is 1.62 bits per heavy atom. The van der Waals surface area contributed by atoms with Gasteiger partial charge in [0, 0.05) is 0 Å². The molecule has 5 heteroatoms. The van der Waals surface area contributed by atoms with Gasteiger partial charge in [-0.2, -0.15) is 0 Å². The highest BCUT2D eigenvalue weighted by Crippen LogP contribution is 2.09. The molecule has 1 N–H and O–H groups in total. The zero-order valence-electron chi connectivity index (χ0n) is 7.83. The van der Waals surface area contributed by atoms with Crippen LogP contribution in [0.2, 0.25) is 0 Å². The van der Waals surface area contributed by atoms with Crippen LogP contribution in [0, 0.1) is 0 Å². The molecule has 1 heterocycles. The smallest absolute Gasteiger partial charge is 0.352 e. The number of carbonyl (C=O) groups is 2. The standard InChI is InChI=1S/C8H12N2O3/c1-8(2,3)13-7(12)6-9-4-5(11)10-6/h4,6H,1-3H3,(H,10,11). The molecule has 0 fully saturated rings. The van der Waals surface area contributed by atoms with Gasteiger partial charge in [-0.3, -0.25) is 9.79 Å². The topological polar surface area (TPSA) is 67.8 Å². The van der Waals surface area contributed by atoms with Gasteiger partial charge < -0.3 is 10.1 Å². The minimum Gasteiger partial charge on any atom is -0.457 e. The SMILES string of the molecule is CC(C)(C)OC(=O)C1N=CC(=O)N1. The molecule has 0 bridgehead atoms. The first-order chi connectivity index (χ1) is 5.88. The maximum absolute atomic E-state index is 11.3. The first-order valence-corrected chi connectivity index (χ1v) is 3.95. The number of carbonyl (C=O) groups excluding carboxylic acids is 2. The molecule has 1 aliphatic heterocycles. The molecule has 0 aliphatic carbocycles. The molecule has 72 valence electrons. The second-order valence-electron chi connectivity index (χ2n) is 3.72. The highest BCUT2D eigenvalue weighted by atomic mass is 16.6. The van der Waals surface area contributed by atoms with E-state index in [1.54, 1.807) is 20.8 Å². The van der Waals surface area contributed by atoms with Crippen LogP contribution in [-0.4, -0.2) is 29.9 Å². The fourth-order valence-corrected chi connectivity index (χ4v) is 0.829. The number of hydrogen-bond acceptors (Lipinski definition) is 4. The number of aliphatic imine (C=N–C) groups is 1. The van der Waals surface area contributed by atoms with Gasteiger partial charge in [0.2, 0.25) is 6.17 Å². The summed E-state index contributed by atoms with van der Waals surface area (Å²) in [5, 5.41) is 2.34. The van der Waals surface area contributed by atoms with Crippen LogP contribution in [0.3, 0.4) is 0 Å². The van der Waals surface area contributed by atoms with Crippen molar-refractivity contribution in [1.29, 1.82) is 0 Å². The number of esters is 1. The molecule has 1 atom stereocenters. The second-order valence-corrected chi connectivity index (χ2v) is 3.72. The van der Waals surface area contributed by atoms with Crippen LogP contribution in [-0.2, 0) is 14.3 Å². The number of amides is 1. The minimum absolute atomic E-state index is 0.365. The van der Waals surface area contributed by atoms with E-state index < -0.39 is 17.7 Å². The highest BCUT2D eigenvalue weighted by Gasteiger charge is 2.28. The normalized spacial score (nSPS) is 21.5. The van der Waals surface area contributed by atoms with E-state index in [1.807, 2.05) is 0 Å². The van der Waals surface area contributed by atoms with E-state index in [4.69, 9.17) is 4.74 Å². The average molecular weight is 184 g/mol. The summed E-state index contributed by atoms with van der Waals surface area (Å²) in [4.78, 5) is 25.6. The summed E-state index contributed by atoms with van der Waals surface area (Å²) in [6.45, 7) is 5.27. The summed E-state index contributed by atoms with van der Waals surface area (Å²) in [6.07, 6.45) is 0.209. The largest absolute Gasteiger partial charge is 0.457 e. The first-order valence-electron chi connectivity index (χ1n) is 3.95. The molecule has 0 spiro atoms. The first kappa shape index (κ1) is 9.70. The van der Waals surface area contributed by atoms with Gasteiger partial charge in [-0.1, -0.05) is 0 Å². The quantitative estimate of drug-likeness (QED) is 0.576. The number of nitrogens with zero attached hydrogens (tertiary/aromatic N) is 1. The molecule has 0 saturated carbocycles. The lowest BCUT2D eigenvalue weighted by molar-refractivity contribution is -0.157. The zero-order valence-corrected chi connectivity index (χ0v) is 7.83. The van der Waals surface area contributed by atoms with Crippen LogP contribution < -0.4 is 5.32 Å². The molecule has 0 saturated heterocycles. The minimum atomic E-state index is -0.869. The van der Waals surface area contributed by atoms with Gasteiger partial charge in [0.25, 0.3) is 5.91 Å². The predicted octanol–water partition coefficient (Wildman–Crippen LogP) is -0.145. The summed E-state index contributed by atoms with van der Waals surface area (Å²) in [5.74, 6) is -0.898. The lowest BCUT2D eigenvalue weighted by atomic mass is 10.2. The molecule has 13 heavy (non-hydrogen) atoms. The number of ether oxygens (including phenoxy) is 1. The third-order valence-electron chi connectivity index (χ3n) is 1.25. The molecule has 0 aromatic heterocycles. The Morgan fingerprint density at radius 2 is 2.23 bits per heavy atom. The Kier molecular flexibility index (Phi) is 2.36. The molecule has 0 radical (unpaired) electrons. The van der Waals surface area contributed by atoms with Crippen LogP contribution in [0.25, 0.3) is 0 Å². The third-order valence-corrected chi connectivity index (χ3v) is 1.25. The Morgan fingerprint density at radius 3 is 2.62 bits per heavy atom. The molecule has 1 rings (SSSR count). The Balaban J connectivity index is 2.51. The van der Waals surface area contributed by atoms with Crippen molar-refractivity contribution < 1.29 is 14.3 Å². The van der Waals surface area contributed by atoms with E-state index in [2.05, 4.69) is 10.3 Å². The maximum Gasteiger partial charge on any atom is 0.352 e. The monoisotopic (exact) mass is 184 g/mol. The molecule has 1 amide bonds. The van der Waals surface area contributed by atoms with Gasteiger partial charge in [-0.15, -0.1) is 0 Å². The average Bonchev–Trinajstić information content (AvgIpc) is 2.31. The van der Waals surface area contributed by atoms with Crippen molar-refractivity contribution in [3.63, 3.8) is 0 Å². The van der Waals surface area contributed by atoms with Crippen molar-refractivity contribution in [3.05, 3.63) is 0 Å².